The standard InChI is InChI=1S/C9H15F/c1-7(2)5-9(10)6-8(3)4/h5,8H,1,6H2,2-4H3/b9-5+. The predicted octanol–water partition coefficient (Wildman–Crippen LogP) is 3.46. The van der Waals surface area contributed by atoms with E-state index < -0.39 is 0 Å². The molecular weight excluding hydrogens is 127 g/mol. The molecule has 0 amide bonds. The van der Waals surface area contributed by atoms with Crippen molar-refractivity contribution in [2.24, 2.45) is 5.92 Å². The molecule has 0 N–H and O–H groups in total. The molecule has 58 valence electrons. The van der Waals surface area contributed by atoms with Gasteiger partial charge in [0.1, 0.15) is 5.83 Å². The van der Waals surface area contributed by atoms with E-state index in [0.717, 1.165) is 5.57 Å². The van der Waals surface area contributed by atoms with Gasteiger partial charge in [-0.1, -0.05) is 26.0 Å². The van der Waals surface area contributed by atoms with Gasteiger partial charge < -0.3 is 0 Å². The zero-order chi connectivity index (χ0) is 8.15. The Morgan fingerprint density at radius 1 is 1.60 bits per heavy atom. The molecule has 0 fully saturated rings. The Labute approximate surface area is 62.4 Å². The maximum atomic E-state index is 12.7. The third kappa shape index (κ3) is 5.54. The minimum Gasteiger partial charge on any atom is -0.212 e. The highest BCUT2D eigenvalue weighted by Crippen LogP contribution is 2.12. The van der Waals surface area contributed by atoms with Gasteiger partial charge in [-0.15, -0.1) is 0 Å². The van der Waals surface area contributed by atoms with E-state index in [-0.39, 0.29) is 5.83 Å². The molecule has 0 aromatic heterocycles. The van der Waals surface area contributed by atoms with Crippen molar-refractivity contribution < 1.29 is 4.39 Å². The third-order valence-electron chi connectivity index (χ3n) is 1.01. The lowest BCUT2D eigenvalue weighted by Crippen LogP contribution is -1.86. The summed E-state index contributed by atoms with van der Waals surface area (Å²) < 4.78 is 12.7. The van der Waals surface area contributed by atoms with Crippen molar-refractivity contribution in [3.8, 4) is 0 Å². The van der Waals surface area contributed by atoms with Gasteiger partial charge in [-0.2, -0.15) is 0 Å². The van der Waals surface area contributed by atoms with E-state index in [9.17, 15) is 4.39 Å². The van der Waals surface area contributed by atoms with Crippen LogP contribution in [-0.2, 0) is 0 Å². The highest BCUT2D eigenvalue weighted by molar-refractivity contribution is 5.14. The van der Waals surface area contributed by atoms with Crippen molar-refractivity contribution in [2.45, 2.75) is 27.2 Å². The van der Waals surface area contributed by atoms with Crippen LogP contribution in [0.1, 0.15) is 27.2 Å². The third-order valence-corrected chi connectivity index (χ3v) is 1.01. The lowest BCUT2D eigenvalue weighted by molar-refractivity contribution is 0.516. The van der Waals surface area contributed by atoms with Gasteiger partial charge in [0, 0.05) is 6.42 Å². The number of allylic oxidation sites excluding steroid dienone is 3. The van der Waals surface area contributed by atoms with Crippen molar-refractivity contribution in [2.75, 3.05) is 0 Å². The van der Waals surface area contributed by atoms with Crippen LogP contribution in [0.15, 0.2) is 24.1 Å². The van der Waals surface area contributed by atoms with E-state index in [4.69, 9.17) is 0 Å². The van der Waals surface area contributed by atoms with Crippen molar-refractivity contribution in [3.63, 3.8) is 0 Å². The van der Waals surface area contributed by atoms with Crippen LogP contribution in [0.25, 0.3) is 0 Å². The molecule has 0 aliphatic rings. The molecule has 0 atom stereocenters. The number of rotatable bonds is 3. The highest BCUT2D eigenvalue weighted by Gasteiger charge is 1.98. The van der Waals surface area contributed by atoms with E-state index in [1.807, 2.05) is 13.8 Å². The largest absolute Gasteiger partial charge is 0.212 e. The molecule has 10 heavy (non-hydrogen) atoms. The van der Waals surface area contributed by atoms with Gasteiger partial charge in [0.2, 0.25) is 0 Å². The van der Waals surface area contributed by atoms with Crippen LogP contribution in [-0.4, -0.2) is 0 Å². The summed E-state index contributed by atoms with van der Waals surface area (Å²) in [6, 6.07) is 0. The maximum Gasteiger partial charge on any atom is 0.100 e. The molecule has 0 aliphatic carbocycles. The molecule has 1 heteroatoms. The Bertz CT molecular complexity index is 143. The molecule has 0 radical (unpaired) electrons. The number of hydrogen-bond acceptors (Lipinski definition) is 0. The zero-order valence-corrected chi connectivity index (χ0v) is 6.95. The fourth-order valence-electron chi connectivity index (χ4n) is 0.716. The summed E-state index contributed by atoms with van der Waals surface area (Å²) in [6.45, 7) is 9.36. The molecule has 0 aliphatic heterocycles. The lowest BCUT2D eigenvalue weighted by atomic mass is 10.1. The molecule has 0 spiro atoms. The van der Waals surface area contributed by atoms with Gasteiger partial charge in [0.25, 0.3) is 0 Å². The monoisotopic (exact) mass is 142 g/mol. The van der Waals surface area contributed by atoms with Gasteiger partial charge in [0.05, 0.1) is 0 Å². The van der Waals surface area contributed by atoms with Crippen molar-refractivity contribution >= 4 is 0 Å². The second-order valence-corrected chi connectivity index (χ2v) is 3.04. The van der Waals surface area contributed by atoms with E-state index in [0.29, 0.717) is 12.3 Å². The van der Waals surface area contributed by atoms with Gasteiger partial charge in [0.15, 0.2) is 0 Å². The summed E-state index contributed by atoms with van der Waals surface area (Å²) in [4.78, 5) is 0. The van der Waals surface area contributed by atoms with Crippen LogP contribution >= 0.6 is 0 Å². The summed E-state index contributed by atoms with van der Waals surface area (Å²) in [7, 11) is 0. The lowest BCUT2D eigenvalue weighted by Gasteiger charge is -2.00. The van der Waals surface area contributed by atoms with Crippen molar-refractivity contribution in [1.82, 2.24) is 0 Å². The Morgan fingerprint density at radius 2 is 2.10 bits per heavy atom. The fourth-order valence-corrected chi connectivity index (χ4v) is 0.716. The quantitative estimate of drug-likeness (QED) is 0.529. The SMILES string of the molecule is C=C(C)/C=C(/F)CC(C)C. The molecule has 0 saturated heterocycles. The first-order valence-electron chi connectivity index (χ1n) is 3.54. The van der Waals surface area contributed by atoms with E-state index >= 15 is 0 Å². The molecule has 0 aromatic rings. The Kier molecular flexibility index (Phi) is 4.01. The van der Waals surface area contributed by atoms with Gasteiger partial charge in [-0.3, -0.25) is 0 Å². The Balaban J connectivity index is 3.83. The second kappa shape index (κ2) is 4.26. The van der Waals surface area contributed by atoms with Crippen LogP contribution in [0.4, 0.5) is 4.39 Å². The molecule has 0 rings (SSSR count). The predicted molar refractivity (Wildman–Crippen MR) is 43.5 cm³/mol. The summed E-state index contributed by atoms with van der Waals surface area (Å²) in [6.07, 6.45) is 2.01. The topological polar surface area (TPSA) is 0 Å². The Morgan fingerprint density at radius 3 is 2.40 bits per heavy atom. The van der Waals surface area contributed by atoms with Crippen LogP contribution in [0.5, 0.6) is 0 Å². The number of hydrogen-bond donors (Lipinski definition) is 0. The molecule has 0 unspecified atom stereocenters. The van der Waals surface area contributed by atoms with E-state index in [1.54, 1.807) is 6.92 Å². The molecule has 0 nitrogen and oxygen atoms in total. The summed E-state index contributed by atoms with van der Waals surface area (Å²) >= 11 is 0. The smallest absolute Gasteiger partial charge is 0.100 e. The molecule has 0 bridgehead atoms. The highest BCUT2D eigenvalue weighted by atomic mass is 19.1. The van der Waals surface area contributed by atoms with E-state index in [1.165, 1.54) is 6.08 Å². The summed E-state index contributed by atoms with van der Waals surface area (Å²) in [5, 5.41) is 0. The zero-order valence-electron chi connectivity index (χ0n) is 6.95. The second-order valence-electron chi connectivity index (χ2n) is 3.04. The van der Waals surface area contributed by atoms with Crippen LogP contribution in [0.2, 0.25) is 0 Å². The van der Waals surface area contributed by atoms with Crippen molar-refractivity contribution in [1.29, 1.82) is 0 Å². The number of halogens is 1. The van der Waals surface area contributed by atoms with Gasteiger partial charge in [-0.05, 0) is 18.9 Å². The molecule has 0 aromatic carbocycles. The van der Waals surface area contributed by atoms with Crippen LogP contribution in [0.3, 0.4) is 0 Å². The van der Waals surface area contributed by atoms with E-state index in [2.05, 4.69) is 6.58 Å². The van der Waals surface area contributed by atoms with Crippen LogP contribution < -0.4 is 0 Å². The first-order chi connectivity index (χ1) is 4.52. The summed E-state index contributed by atoms with van der Waals surface area (Å²) in [5.74, 6) is 0.318. The van der Waals surface area contributed by atoms with Crippen molar-refractivity contribution in [3.05, 3.63) is 24.1 Å². The first-order valence-corrected chi connectivity index (χ1v) is 3.54. The average molecular weight is 142 g/mol. The van der Waals surface area contributed by atoms with Gasteiger partial charge in [-0.25, -0.2) is 4.39 Å². The summed E-state index contributed by atoms with van der Waals surface area (Å²) in [5.41, 5.74) is 0.776. The maximum absolute atomic E-state index is 12.7. The minimum atomic E-state index is -0.0671. The minimum absolute atomic E-state index is 0.0671. The molecule has 0 heterocycles. The molecule has 0 saturated carbocycles. The first kappa shape index (κ1) is 9.41. The Hall–Kier alpha value is -0.590. The molecular formula is C9H15F. The van der Waals surface area contributed by atoms with Gasteiger partial charge >= 0.3 is 0 Å². The fraction of sp³-hybridized carbons (Fsp3) is 0.556. The normalized spacial score (nSPS) is 12.3. The average Bonchev–Trinajstić information content (AvgIpc) is 1.58. The van der Waals surface area contributed by atoms with Crippen LogP contribution in [0, 0.1) is 5.92 Å².